The van der Waals surface area contributed by atoms with Gasteiger partial charge in [0.1, 0.15) is 0 Å². The van der Waals surface area contributed by atoms with E-state index in [4.69, 9.17) is 14.7 Å². The molecule has 1 aromatic carbocycles. The van der Waals surface area contributed by atoms with E-state index in [-0.39, 0.29) is 6.10 Å². The van der Waals surface area contributed by atoms with Crippen molar-refractivity contribution in [3.8, 4) is 11.5 Å². The monoisotopic (exact) mass is 251 g/mol. The van der Waals surface area contributed by atoms with Crippen molar-refractivity contribution in [1.29, 1.82) is 0 Å². The van der Waals surface area contributed by atoms with Crippen molar-refractivity contribution in [3.63, 3.8) is 0 Å². The minimum Gasteiger partial charge on any atom is -0.493 e. The van der Waals surface area contributed by atoms with Crippen LogP contribution in [0.2, 0.25) is 0 Å². The van der Waals surface area contributed by atoms with Crippen molar-refractivity contribution in [3.05, 3.63) is 23.8 Å². The molecule has 1 rings (SSSR count). The summed E-state index contributed by atoms with van der Waals surface area (Å²) in [6.07, 6.45) is 2.11. The Morgan fingerprint density at radius 1 is 1.28 bits per heavy atom. The third kappa shape index (κ3) is 3.39. The first-order chi connectivity index (χ1) is 8.65. The standard InChI is InChI=1S/C14H21NO3/c1-5-12(6-2)18-13-8-7-11(10(3)15-16)9-14(13)17-4/h7-9,12,16H,5-6H2,1-4H3. The van der Waals surface area contributed by atoms with Gasteiger partial charge in [-0.05, 0) is 38.0 Å². The van der Waals surface area contributed by atoms with E-state index in [0.717, 1.165) is 24.2 Å². The number of hydrogen-bond donors (Lipinski definition) is 1. The van der Waals surface area contributed by atoms with Crippen LogP contribution in [0, 0.1) is 0 Å². The number of oxime groups is 1. The summed E-state index contributed by atoms with van der Waals surface area (Å²) >= 11 is 0. The van der Waals surface area contributed by atoms with Crippen LogP contribution in [0.4, 0.5) is 0 Å². The Bertz CT molecular complexity index is 412. The Labute approximate surface area is 108 Å². The molecule has 0 saturated carbocycles. The largest absolute Gasteiger partial charge is 0.493 e. The highest BCUT2D eigenvalue weighted by Gasteiger charge is 2.11. The molecule has 0 spiro atoms. The van der Waals surface area contributed by atoms with E-state index in [1.54, 1.807) is 14.0 Å². The number of ether oxygens (including phenoxy) is 2. The molecule has 0 heterocycles. The Balaban J connectivity index is 3.00. The molecule has 0 aliphatic carbocycles. The molecule has 0 fully saturated rings. The van der Waals surface area contributed by atoms with Crippen molar-refractivity contribution < 1.29 is 14.7 Å². The first kappa shape index (κ1) is 14.4. The fraction of sp³-hybridized carbons (Fsp3) is 0.500. The molecule has 1 aromatic rings. The van der Waals surface area contributed by atoms with Gasteiger partial charge in [0.15, 0.2) is 11.5 Å². The van der Waals surface area contributed by atoms with Crippen LogP contribution in [0.25, 0.3) is 0 Å². The second-order valence-corrected chi connectivity index (χ2v) is 4.11. The predicted molar refractivity (Wildman–Crippen MR) is 72.0 cm³/mol. The molecule has 100 valence electrons. The number of hydrogen-bond acceptors (Lipinski definition) is 4. The zero-order valence-corrected chi connectivity index (χ0v) is 11.4. The third-order valence-electron chi connectivity index (χ3n) is 2.94. The van der Waals surface area contributed by atoms with Gasteiger partial charge in [0.05, 0.1) is 18.9 Å². The van der Waals surface area contributed by atoms with Gasteiger partial charge in [0.25, 0.3) is 0 Å². The maximum atomic E-state index is 8.76. The van der Waals surface area contributed by atoms with Crippen molar-refractivity contribution in [1.82, 2.24) is 0 Å². The molecular weight excluding hydrogens is 230 g/mol. The minimum absolute atomic E-state index is 0.192. The van der Waals surface area contributed by atoms with Crippen molar-refractivity contribution in [2.45, 2.75) is 39.7 Å². The van der Waals surface area contributed by atoms with E-state index in [1.165, 1.54) is 0 Å². The number of benzene rings is 1. The third-order valence-corrected chi connectivity index (χ3v) is 2.94. The van der Waals surface area contributed by atoms with Crippen LogP contribution < -0.4 is 9.47 Å². The molecule has 0 aliphatic rings. The van der Waals surface area contributed by atoms with Gasteiger partial charge in [0.2, 0.25) is 0 Å². The molecule has 4 heteroatoms. The number of methoxy groups -OCH3 is 1. The van der Waals surface area contributed by atoms with Crippen molar-refractivity contribution >= 4 is 5.71 Å². The lowest BCUT2D eigenvalue weighted by atomic mass is 10.1. The molecule has 0 aromatic heterocycles. The average Bonchev–Trinajstić information content (AvgIpc) is 2.43. The summed E-state index contributed by atoms with van der Waals surface area (Å²) in [6.45, 7) is 5.92. The average molecular weight is 251 g/mol. The Morgan fingerprint density at radius 3 is 2.44 bits per heavy atom. The summed E-state index contributed by atoms with van der Waals surface area (Å²) in [5.74, 6) is 1.38. The van der Waals surface area contributed by atoms with E-state index >= 15 is 0 Å². The summed E-state index contributed by atoms with van der Waals surface area (Å²) in [7, 11) is 1.60. The highest BCUT2D eigenvalue weighted by atomic mass is 16.5. The molecular formula is C14H21NO3. The quantitative estimate of drug-likeness (QED) is 0.478. The Hall–Kier alpha value is -1.71. The van der Waals surface area contributed by atoms with E-state index in [1.807, 2.05) is 18.2 Å². The van der Waals surface area contributed by atoms with Gasteiger partial charge < -0.3 is 14.7 Å². The zero-order valence-electron chi connectivity index (χ0n) is 11.4. The van der Waals surface area contributed by atoms with Gasteiger partial charge in [-0.15, -0.1) is 0 Å². The molecule has 18 heavy (non-hydrogen) atoms. The van der Waals surface area contributed by atoms with Gasteiger partial charge >= 0.3 is 0 Å². The second-order valence-electron chi connectivity index (χ2n) is 4.11. The fourth-order valence-corrected chi connectivity index (χ4v) is 1.68. The molecule has 0 radical (unpaired) electrons. The van der Waals surface area contributed by atoms with Gasteiger partial charge in [-0.25, -0.2) is 0 Å². The molecule has 0 bridgehead atoms. The highest BCUT2D eigenvalue weighted by Crippen LogP contribution is 2.30. The van der Waals surface area contributed by atoms with Crippen LogP contribution in [-0.4, -0.2) is 24.1 Å². The smallest absolute Gasteiger partial charge is 0.161 e. The molecule has 0 atom stereocenters. The van der Waals surface area contributed by atoms with E-state index in [9.17, 15) is 0 Å². The van der Waals surface area contributed by atoms with E-state index in [0.29, 0.717) is 11.5 Å². The lowest BCUT2D eigenvalue weighted by Crippen LogP contribution is -2.14. The summed E-state index contributed by atoms with van der Waals surface area (Å²) in [5, 5.41) is 11.9. The maximum absolute atomic E-state index is 8.76. The molecule has 0 unspecified atom stereocenters. The van der Waals surface area contributed by atoms with Crippen LogP contribution in [0.5, 0.6) is 11.5 Å². The Morgan fingerprint density at radius 2 is 1.94 bits per heavy atom. The normalized spacial score (nSPS) is 11.7. The molecule has 1 N–H and O–H groups in total. The molecule has 4 nitrogen and oxygen atoms in total. The maximum Gasteiger partial charge on any atom is 0.161 e. The highest BCUT2D eigenvalue weighted by molar-refractivity contribution is 5.98. The van der Waals surface area contributed by atoms with Crippen LogP contribution >= 0.6 is 0 Å². The van der Waals surface area contributed by atoms with Crippen LogP contribution in [-0.2, 0) is 0 Å². The molecule has 0 aliphatic heterocycles. The van der Waals surface area contributed by atoms with Gasteiger partial charge in [0, 0.05) is 5.56 Å². The van der Waals surface area contributed by atoms with Crippen molar-refractivity contribution in [2.75, 3.05) is 7.11 Å². The summed E-state index contributed by atoms with van der Waals surface area (Å²) < 4.78 is 11.2. The van der Waals surface area contributed by atoms with Crippen molar-refractivity contribution in [2.24, 2.45) is 5.16 Å². The van der Waals surface area contributed by atoms with Gasteiger partial charge in [-0.3, -0.25) is 0 Å². The van der Waals surface area contributed by atoms with E-state index < -0.39 is 0 Å². The topological polar surface area (TPSA) is 51.0 Å². The number of rotatable bonds is 6. The summed E-state index contributed by atoms with van der Waals surface area (Å²) in [6, 6.07) is 5.52. The second kappa shape index (κ2) is 6.89. The number of nitrogens with zero attached hydrogens (tertiary/aromatic N) is 1. The minimum atomic E-state index is 0.192. The van der Waals surface area contributed by atoms with Crippen LogP contribution in [0.1, 0.15) is 39.2 Å². The first-order valence-corrected chi connectivity index (χ1v) is 6.19. The SMILES string of the molecule is CCC(CC)Oc1ccc(C(C)=NO)cc1OC. The molecule has 0 amide bonds. The molecule has 0 saturated heterocycles. The van der Waals surface area contributed by atoms with Crippen LogP contribution in [0.15, 0.2) is 23.4 Å². The zero-order chi connectivity index (χ0) is 13.5. The Kier molecular flexibility index (Phi) is 5.49. The fourth-order valence-electron chi connectivity index (χ4n) is 1.68. The lowest BCUT2D eigenvalue weighted by molar-refractivity contribution is 0.185. The summed E-state index contributed by atoms with van der Waals surface area (Å²) in [4.78, 5) is 0. The van der Waals surface area contributed by atoms with Crippen LogP contribution in [0.3, 0.4) is 0 Å². The summed E-state index contributed by atoms with van der Waals surface area (Å²) in [5.41, 5.74) is 1.36. The first-order valence-electron chi connectivity index (χ1n) is 6.19. The van der Waals surface area contributed by atoms with Gasteiger partial charge in [-0.1, -0.05) is 19.0 Å². The van der Waals surface area contributed by atoms with E-state index in [2.05, 4.69) is 19.0 Å². The predicted octanol–water partition coefficient (Wildman–Crippen LogP) is 3.46. The van der Waals surface area contributed by atoms with Gasteiger partial charge in [-0.2, -0.15) is 0 Å². The lowest BCUT2D eigenvalue weighted by Gasteiger charge is -2.18.